The molecule has 186 valence electrons. The number of primary amides is 1. The van der Waals surface area contributed by atoms with Gasteiger partial charge < -0.3 is 31.3 Å². The highest BCUT2D eigenvalue weighted by Crippen LogP contribution is 2.16. The molecule has 0 radical (unpaired) electrons. The second-order valence-corrected chi connectivity index (χ2v) is 8.99. The van der Waals surface area contributed by atoms with E-state index in [9.17, 15) is 19.2 Å². The fraction of sp³-hybridized carbons (Fsp3) is 0.818. The molecule has 1 unspecified atom stereocenters. The number of nitrogens with zero attached hydrogens (tertiary/aromatic N) is 1. The van der Waals surface area contributed by atoms with Gasteiger partial charge in [0.25, 0.3) is 0 Å². The smallest absolute Gasteiger partial charge is 0.409 e. The molecule has 0 spiro atoms. The zero-order chi connectivity index (χ0) is 24.8. The Kier molecular flexibility index (Phi) is 14.3. The maximum Gasteiger partial charge on any atom is 0.409 e. The molecule has 0 aliphatic heterocycles. The molecule has 0 saturated carbocycles. The Morgan fingerprint density at radius 1 is 0.969 bits per heavy atom. The van der Waals surface area contributed by atoms with Crippen LogP contribution in [-0.2, 0) is 14.3 Å². The van der Waals surface area contributed by atoms with Gasteiger partial charge in [-0.15, -0.1) is 0 Å². The summed E-state index contributed by atoms with van der Waals surface area (Å²) in [5, 5.41) is 8.59. The van der Waals surface area contributed by atoms with E-state index in [0.717, 1.165) is 0 Å². The summed E-state index contributed by atoms with van der Waals surface area (Å²) in [6.07, 6.45) is 0.348. The van der Waals surface area contributed by atoms with Crippen molar-refractivity contribution in [3.63, 3.8) is 0 Å². The van der Waals surface area contributed by atoms with Crippen molar-refractivity contribution in [2.75, 3.05) is 26.7 Å². The van der Waals surface area contributed by atoms with Crippen LogP contribution in [0.2, 0.25) is 0 Å². The van der Waals surface area contributed by atoms with Crippen molar-refractivity contribution >= 4 is 23.8 Å². The number of urea groups is 1. The highest BCUT2D eigenvalue weighted by atomic mass is 16.6. The molecule has 32 heavy (non-hydrogen) atoms. The van der Waals surface area contributed by atoms with Crippen LogP contribution in [0, 0.1) is 11.8 Å². The van der Waals surface area contributed by atoms with Crippen LogP contribution in [0.15, 0.2) is 0 Å². The number of amides is 4. The lowest BCUT2D eigenvalue weighted by Crippen LogP contribution is -2.46. The molecule has 0 aliphatic rings. The van der Waals surface area contributed by atoms with Gasteiger partial charge in [-0.2, -0.15) is 0 Å². The van der Waals surface area contributed by atoms with Crippen LogP contribution in [0.25, 0.3) is 0 Å². The third-order valence-electron chi connectivity index (χ3n) is 4.77. The lowest BCUT2D eigenvalue weighted by atomic mass is 9.89. The third-order valence-corrected chi connectivity index (χ3v) is 4.77. The van der Waals surface area contributed by atoms with Crippen LogP contribution < -0.4 is 21.7 Å². The van der Waals surface area contributed by atoms with Gasteiger partial charge in [0.05, 0.1) is 12.1 Å². The number of ether oxygens (including phenoxy) is 1. The Bertz CT molecular complexity index is 610. The summed E-state index contributed by atoms with van der Waals surface area (Å²) in [6.45, 7) is 12.3. The lowest BCUT2D eigenvalue weighted by Gasteiger charge is -2.26. The number of likely N-dealkylation sites (N-methyl/N-ethyl adjacent to an activating group) is 1. The predicted molar refractivity (Wildman–Crippen MR) is 124 cm³/mol. The molecule has 0 aliphatic carbocycles. The number of ketones is 1. The van der Waals surface area contributed by atoms with E-state index in [2.05, 4.69) is 16.0 Å². The highest BCUT2D eigenvalue weighted by molar-refractivity contribution is 5.90. The molecule has 4 amide bonds. The number of nitrogens with one attached hydrogen (secondary N) is 3. The Balaban J connectivity index is 4.98. The summed E-state index contributed by atoms with van der Waals surface area (Å²) in [6, 6.07) is -0.829. The monoisotopic (exact) mass is 457 g/mol. The maximum absolute atomic E-state index is 12.9. The van der Waals surface area contributed by atoms with Gasteiger partial charge in [-0.1, -0.05) is 27.7 Å². The summed E-state index contributed by atoms with van der Waals surface area (Å²) < 4.78 is 5.11. The fourth-order valence-electron chi connectivity index (χ4n) is 3.15. The molecule has 10 heteroatoms. The SMILES string of the molecule is CC(C)NC(C(=O)C[C@@H](CCCNC(N)=O)C(=O)NCCN(C)C(=O)OC(C)C)C(C)C. The molecular formula is C22H43N5O5. The molecular weight excluding hydrogens is 414 g/mol. The number of hydrogen-bond donors (Lipinski definition) is 4. The first-order valence-corrected chi connectivity index (χ1v) is 11.4. The van der Waals surface area contributed by atoms with Crippen molar-refractivity contribution in [3.05, 3.63) is 0 Å². The molecule has 0 fully saturated rings. The Hall–Kier alpha value is -2.36. The summed E-state index contributed by atoms with van der Waals surface area (Å²) in [7, 11) is 1.60. The van der Waals surface area contributed by atoms with Crippen LogP contribution >= 0.6 is 0 Å². The van der Waals surface area contributed by atoms with Crippen LogP contribution in [0.1, 0.15) is 60.8 Å². The van der Waals surface area contributed by atoms with Gasteiger partial charge in [0, 0.05) is 45.1 Å². The molecule has 0 aromatic carbocycles. The summed E-state index contributed by atoms with van der Waals surface area (Å²) in [4.78, 5) is 49.9. The van der Waals surface area contributed by atoms with Gasteiger partial charge in [0.1, 0.15) is 0 Å². The minimum Gasteiger partial charge on any atom is -0.447 e. The molecule has 5 N–H and O–H groups in total. The number of carbonyl (C=O) groups is 4. The molecule has 0 aromatic rings. The van der Waals surface area contributed by atoms with Crippen LogP contribution in [0.4, 0.5) is 9.59 Å². The van der Waals surface area contributed by atoms with E-state index >= 15 is 0 Å². The average Bonchev–Trinajstić information content (AvgIpc) is 2.66. The average molecular weight is 458 g/mol. The minimum absolute atomic E-state index is 0.0191. The lowest BCUT2D eigenvalue weighted by molar-refractivity contribution is -0.131. The Morgan fingerprint density at radius 2 is 1.59 bits per heavy atom. The van der Waals surface area contributed by atoms with Crippen LogP contribution in [0.3, 0.4) is 0 Å². The second kappa shape index (κ2) is 15.4. The predicted octanol–water partition coefficient (Wildman–Crippen LogP) is 1.63. The first-order valence-electron chi connectivity index (χ1n) is 11.4. The van der Waals surface area contributed by atoms with E-state index < -0.39 is 18.0 Å². The van der Waals surface area contributed by atoms with Crippen molar-refractivity contribution in [1.82, 2.24) is 20.9 Å². The fourth-order valence-corrected chi connectivity index (χ4v) is 3.15. The van der Waals surface area contributed by atoms with Gasteiger partial charge in [-0.3, -0.25) is 9.59 Å². The van der Waals surface area contributed by atoms with Crippen LogP contribution in [0.5, 0.6) is 0 Å². The zero-order valence-corrected chi connectivity index (χ0v) is 20.7. The topological polar surface area (TPSA) is 143 Å². The Labute approximate surface area is 192 Å². The number of nitrogens with two attached hydrogens (primary N) is 1. The summed E-state index contributed by atoms with van der Waals surface area (Å²) in [5.74, 6) is -0.726. The third kappa shape index (κ3) is 13.1. The summed E-state index contributed by atoms with van der Waals surface area (Å²) >= 11 is 0. The van der Waals surface area contributed by atoms with E-state index in [4.69, 9.17) is 10.5 Å². The van der Waals surface area contributed by atoms with E-state index in [-0.39, 0.29) is 55.3 Å². The molecule has 0 heterocycles. The standard InChI is InChI=1S/C22H43N5O5/c1-14(2)19(26-15(3)4)18(28)13-17(9-8-10-25-21(23)30)20(29)24-11-12-27(7)22(31)32-16(5)6/h14-17,19,26H,8-13H2,1-7H3,(H,24,29)(H3,23,25,30)/t17-,19?/m1/s1. The maximum atomic E-state index is 12.9. The van der Waals surface area contributed by atoms with Gasteiger partial charge in [0.15, 0.2) is 5.78 Å². The first-order chi connectivity index (χ1) is 14.8. The number of carbonyl (C=O) groups excluding carboxylic acids is 4. The zero-order valence-electron chi connectivity index (χ0n) is 20.7. The van der Waals surface area contributed by atoms with Crippen molar-refractivity contribution in [3.8, 4) is 0 Å². The number of Topliss-reactive ketones (excluding diaryl/α,β-unsaturated/α-hetero) is 1. The Morgan fingerprint density at radius 3 is 2.09 bits per heavy atom. The molecule has 0 rings (SSSR count). The molecule has 0 aromatic heterocycles. The van der Waals surface area contributed by atoms with E-state index in [1.54, 1.807) is 20.9 Å². The second-order valence-electron chi connectivity index (χ2n) is 8.99. The largest absolute Gasteiger partial charge is 0.447 e. The molecule has 0 bridgehead atoms. The van der Waals surface area contributed by atoms with Gasteiger partial charge in [-0.05, 0) is 32.6 Å². The van der Waals surface area contributed by atoms with E-state index in [1.165, 1.54) is 4.90 Å². The summed E-state index contributed by atoms with van der Waals surface area (Å²) in [5.41, 5.74) is 5.08. The van der Waals surface area contributed by atoms with Crippen molar-refractivity contribution < 1.29 is 23.9 Å². The number of hydrogen-bond acceptors (Lipinski definition) is 6. The molecule has 0 saturated heterocycles. The normalized spacial score (nSPS) is 13.1. The van der Waals surface area contributed by atoms with Gasteiger partial charge in [-0.25, -0.2) is 9.59 Å². The molecule has 2 atom stereocenters. The first kappa shape index (κ1) is 29.6. The van der Waals surface area contributed by atoms with E-state index in [0.29, 0.717) is 19.4 Å². The van der Waals surface area contributed by atoms with Crippen molar-refractivity contribution in [2.24, 2.45) is 17.6 Å². The molecule has 10 nitrogen and oxygen atoms in total. The number of rotatable bonds is 15. The quantitative estimate of drug-likeness (QED) is 0.275. The van der Waals surface area contributed by atoms with E-state index in [1.807, 2.05) is 27.7 Å². The van der Waals surface area contributed by atoms with Crippen molar-refractivity contribution in [2.45, 2.75) is 79.0 Å². The van der Waals surface area contributed by atoms with Crippen LogP contribution in [-0.4, -0.2) is 73.6 Å². The van der Waals surface area contributed by atoms with Gasteiger partial charge in [0.2, 0.25) is 5.91 Å². The van der Waals surface area contributed by atoms with Gasteiger partial charge >= 0.3 is 12.1 Å². The highest BCUT2D eigenvalue weighted by Gasteiger charge is 2.28. The van der Waals surface area contributed by atoms with Crippen molar-refractivity contribution in [1.29, 1.82) is 0 Å². The minimum atomic E-state index is -0.626.